The van der Waals surface area contributed by atoms with E-state index in [0.29, 0.717) is 10.7 Å². The van der Waals surface area contributed by atoms with Crippen LogP contribution in [0.3, 0.4) is 0 Å². The van der Waals surface area contributed by atoms with Gasteiger partial charge in [0.1, 0.15) is 22.7 Å². The van der Waals surface area contributed by atoms with Crippen molar-refractivity contribution in [1.29, 1.82) is 0 Å². The van der Waals surface area contributed by atoms with Crippen LogP contribution >= 0.6 is 12.2 Å². The Bertz CT molecular complexity index is 1380. The third kappa shape index (κ3) is 3.77. The van der Waals surface area contributed by atoms with E-state index in [1.165, 1.54) is 0 Å². The number of nitrogens with zero attached hydrogens (tertiary/aromatic N) is 1. The number of aryl methyl sites for hydroxylation is 4. The van der Waals surface area contributed by atoms with Crippen molar-refractivity contribution in [3.05, 3.63) is 63.9 Å². The van der Waals surface area contributed by atoms with Gasteiger partial charge in [0.15, 0.2) is 5.11 Å². The summed E-state index contributed by atoms with van der Waals surface area (Å²) in [6, 6.07) is 9.61. The van der Waals surface area contributed by atoms with Gasteiger partial charge in [0.05, 0.1) is 7.11 Å². The van der Waals surface area contributed by atoms with E-state index in [9.17, 15) is 0 Å². The highest BCUT2D eigenvalue weighted by Crippen LogP contribution is 2.34. The molecule has 4 rings (SSSR count). The predicted molar refractivity (Wildman–Crippen MR) is 128 cm³/mol. The summed E-state index contributed by atoms with van der Waals surface area (Å²) >= 11 is 5.37. The van der Waals surface area contributed by atoms with Gasteiger partial charge in [0.25, 0.3) is 0 Å². The molecule has 2 aromatic heterocycles. The van der Waals surface area contributed by atoms with Crippen LogP contribution < -0.4 is 21.0 Å². The van der Waals surface area contributed by atoms with Crippen molar-refractivity contribution in [3.63, 3.8) is 0 Å². The number of thiocarbonyl (C=S) groups is 1. The van der Waals surface area contributed by atoms with Gasteiger partial charge >= 0.3 is 0 Å². The Balaban J connectivity index is 1.70. The van der Waals surface area contributed by atoms with Crippen LogP contribution in [0.4, 0.5) is 5.69 Å². The molecule has 0 aliphatic carbocycles. The van der Waals surface area contributed by atoms with Crippen molar-refractivity contribution in [2.45, 2.75) is 34.6 Å². The smallest absolute Gasteiger partial charge is 0.239 e. The third-order valence-electron chi connectivity index (χ3n) is 5.74. The topological polar surface area (TPSA) is 71.9 Å². The summed E-state index contributed by atoms with van der Waals surface area (Å²) in [5.74, 6) is 1.70. The predicted octanol–water partition coefficient (Wildman–Crippen LogP) is 5.53. The number of anilines is 1. The fourth-order valence-electron chi connectivity index (χ4n) is 3.60. The lowest BCUT2D eigenvalue weighted by molar-refractivity contribution is 0.415. The van der Waals surface area contributed by atoms with Crippen molar-refractivity contribution >= 4 is 45.0 Å². The molecule has 31 heavy (non-hydrogen) atoms. The Morgan fingerprint density at radius 3 is 2.19 bits per heavy atom. The fraction of sp³-hybridized carbons (Fsp3) is 0.250. The maximum atomic E-state index is 6.20. The first-order valence-electron chi connectivity index (χ1n) is 9.98. The van der Waals surface area contributed by atoms with E-state index in [0.717, 1.165) is 61.4 Å². The summed E-state index contributed by atoms with van der Waals surface area (Å²) < 4.78 is 17.4. The summed E-state index contributed by atoms with van der Waals surface area (Å²) in [7, 11) is 1.63. The minimum Gasteiger partial charge on any atom is -0.497 e. The van der Waals surface area contributed by atoms with Gasteiger partial charge in [-0.2, -0.15) is 0 Å². The lowest BCUT2D eigenvalue weighted by Gasteiger charge is -2.10. The molecule has 0 fully saturated rings. The minimum atomic E-state index is 0.363. The quantitative estimate of drug-likeness (QED) is 0.326. The van der Waals surface area contributed by atoms with Gasteiger partial charge in [-0.05, 0) is 88.3 Å². The molecule has 6 nitrogen and oxygen atoms in total. The number of benzene rings is 2. The third-order valence-corrected chi connectivity index (χ3v) is 5.93. The molecular formula is C24H25N3O3S. The largest absolute Gasteiger partial charge is 0.497 e. The summed E-state index contributed by atoms with van der Waals surface area (Å²) in [5, 5.41) is 10.0. The van der Waals surface area contributed by atoms with Crippen LogP contribution in [-0.2, 0) is 0 Å². The van der Waals surface area contributed by atoms with E-state index in [1.807, 2.05) is 45.0 Å². The second-order valence-electron chi connectivity index (χ2n) is 7.60. The molecule has 0 radical (unpaired) electrons. The standard InChI is InChI=1S/C24H25N3O3S/c1-12-13(2)23(26-27-24(31)25-17-7-9-18(28-6)10-8-17)30-22-15(4)21-20(11-19(12)22)14(3)16(5)29-21/h7-11H,1-6H3,(H2,25,27,31). The Morgan fingerprint density at radius 2 is 1.52 bits per heavy atom. The molecule has 0 bridgehead atoms. The number of hydrogen-bond donors (Lipinski definition) is 2. The average molecular weight is 436 g/mol. The van der Waals surface area contributed by atoms with Crippen molar-refractivity contribution in [1.82, 2.24) is 5.43 Å². The van der Waals surface area contributed by atoms with Crippen LogP contribution in [-0.4, -0.2) is 12.2 Å². The zero-order valence-corrected chi connectivity index (χ0v) is 19.3. The van der Waals surface area contributed by atoms with E-state index >= 15 is 0 Å². The maximum Gasteiger partial charge on any atom is 0.239 e. The lowest BCUT2D eigenvalue weighted by Crippen LogP contribution is -2.27. The second kappa shape index (κ2) is 8.07. The van der Waals surface area contributed by atoms with E-state index in [2.05, 4.69) is 35.8 Å². The lowest BCUT2D eigenvalue weighted by atomic mass is 10.0. The van der Waals surface area contributed by atoms with E-state index in [4.69, 9.17) is 25.8 Å². The number of ether oxygens (including phenoxy) is 1. The first-order valence-corrected chi connectivity index (χ1v) is 10.4. The molecule has 0 aliphatic rings. The molecule has 0 saturated heterocycles. The highest BCUT2D eigenvalue weighted by atomic mass is 32.1. The molecule has 0 saturated carbocycles. The van der Waals surface area contributed by atoms with Crippen LogP contribution in [0.15, 0.2) is 44.3 Å². The van der Waals surface area contributed by atoms with Gasteiger partial charge in [-0.15, -0.1) is 5.10 Å². The summed E-state index contributed by atoms with van der Waals surface area (Å²) in [4.78, 5) is 0. The normalized spacial score (nSPS) is 11.9. The molecule has 0 spiro atoms. The minimum absolute atomic E-state index is 0.363. The Kier molecular flexibility index (Phi) is 5.45. The zero-order chi connectivity index (χ0) is 22.3. The van der Waals surface area contributed by atoms with Gasteiger partial charge in [-0.1, -0.05) is 0 Å². The number of furan rings is 1. The molecular weight excluding hydrogens is 410 g/mol. The van der Waals surface area contributed by atoms with Gasteiger partial charge in [0, 0.05) is 27.6 Å². The molecule has 0 unspecified atom stereocenters. The second-order valence-corrected chi connectivity index (χ2v) is 8.01. The van der Waals surface area contributed by atoms with Gasteiger partial charge in [-0.3, -0.25) is 0 Å². The fourth-order valence-corrected chi connectivity index (χ4v) is 3.76. The Morgan fingerprint density at radius 1 is 0.871 bits per heavy atom. The van der Waals surface area contributed by atoms with Gasteiger partial charge < -0.3 is 18.9 Å². The van der Waals surface area contributed by atoms with E-state index < -0.39 is 0 Å². The molecule has 160 valence electrons. The highest BCUT2D eigenvalue weighted by molar-refractivity contribution is 7.80. The van der Waals surface area contributed by atoms with Crippen molar-refractivity contribution < 1.29 is 13.6 Å². The zero-order valence-electron chi connectivity index (χ0n) is 18.5. The monoisotopic (exact) mass is 435 g/mol. The summed E-state index contributed by atoms with van der Waals surface area (Å²) in [6.45, 7) is 10.1. The van der Waals surface area contributed by atoms with Crippen LogP contribution in [0, 0.1) is 34.6 Å². The van der Waals surface area contributed by atoms with Gasteiger partial charge in [0.2, 0.25) is 5.55 Å². The van der Waals surface area contributed by atoms with Crippen LogP contribution in [0.25, 0.3) is 21.9 Å². The van der Waals surface area contributed by atoms with E-state index in [1.54, 1.807) is 7.11 Å². The average Bonchev–Trinajstić information content (AvgIpc) is 3.05. The molecule has 7 heteroatoms. The van der Waals surface area contributed by atoms with Gasteiger partial charge in [-0.25, -0.2) is 5.43 Å². The molecule has 4 aromatic rings. The van der Waals surface area contributed by atoms with Crippen LogP contribution in [0.2, 0.25) is 0 Å². The van der Waals surface area contributed by atoms with Crippen molar-refractivity contribution in [2.75, 3.05) is 12.4 Å². The van der Waals surface area contributed by atoms with Crippen LogP contribution in [0.1, 0.15) is 28.0 Å². The highest BCUT2D eigenvalue weighted by Gasteiger charge is 2.16. The number of nitrogens with one attached hydrogen (secondary N) is 2. The number of methoxy groups -OCH3 is 1. The molecule has 0 amide bonds. The molecule has 0 atom stereocenters. The summed E-state index contributed by atoms with van der Waals surface area (Å²) in [5.41, 5.74) is 9.97. The first kappa shape index (κ1) is 20.9. The summed E-state index contributed by atoms with van der Waals surface area (Å²) in [6.07, 6.45) is 0. The molecule has 2 N–H and O–H groups in total. The SMILES string of the molecule is COc1ccc(NC(=S)NN=c2oc3c(C)c4oc(C)c(C)c4cc3c(C)c2C)cc1. The maximum absolute atomic E-state index is 6.20. The number of hydrogen-bond acceptors (Lipinski definition) is 5. The molecule has 2 aromatic carbocycles. The van der Waals surface area contributed by atoms with Crippen LogP contribution in [0.5, 0.6) is 5.75 Å². The number of rotatable bonds is 3. The Hall–Kier alpha value is -3.32. The molecule has 0 aliphatic heterocycles. The first-order chi connectivity index (χ1) is 14.8. The Labute approximate surface area is 185 Å². The van der Waals surface area contributed by atoms with Crippen molar-refractivity contribution in [3.8, 4) is 5.75 Å². The molecule has 2 heterocycles. The van der Waals surface area contributed by atoms with Crippen molar-refractivity contribution in [2.24, 2.45) is 5.10 Å². The number of fused-ring (bicyclic) bond motifs is 2. The van der Waals surface area contributed by atoms with E-state index in [-0.39, 0.29) is 0 Å².